The monoisotopic (exact) mass is 883 g/mol. The van der Waals surface area contributed by atoms with Gasteiger partial charge >= 0.3 is 17.9 Å². The summed E-state index contributed by atoms with van der Waals surface area (Å²) >= 11 is 0. The Labute approximate surface area is 390 Å². The van der Waals surface area contributed by atoms with Gasteiger partial charge in [0.1, 0.15) is 13.2 Å². The highest BCUT2D eigenvalue weighted by Crippen LogP contribution is 2.15. The average molecular weight is 883 g/mol. The van der Waals surface area contributed by atoms with Gasteiger partial charge in [0.2, 0.25) is 0 Å². The molecule has 1 atom stereocenters. The summed E-state index contributed by atoms with van der Waals surface area (Å²) in [5.41, 5.74) is 0. The predicted octanol–water partition coefficient (Wildman–Crippen LogP) is 17.9. The highest BCUT2D eigenvalue weighted by Gasteiger charge is 2.19. The molecule has 0 aromatic rings. The van der Waals surface area contributed by atoms with Gasteiger partial charge in [-0.1, -0.05) is 230 Å². The van der Waals surface area contributed by atoms with Crippen LogP contribution in [0.3, 0.4) is 0 Å². The topological polar surface area (TPSA) is 78.9 Å². The second kappa shape index (κ2) is 52.0. The maximum Gasteiger partial charge on any atom is 0.306 e. The molecule has 0 bridgehead atoms. The maximum atomic E-state index is 12.8. The average Bonchev–Trinajstić information content (AvgIpc) is 3.28. The van der Waals surface area contributed by atoms with Crippen molar-refractivity contribution >= 4 is 17.9 Å². The summed E-state index contributed by atoms with van der Waals surface area (Å²) in [6.07, 6.45) is 62.3. The standard InChI is InChI=1S/C57H102O6/c1-4-7-10-13-16-19-22-25-27-28-30-32-35-38-41-44-47-50-56(59)62-53-54(52-61-55(58)49-46-43-40-37-34-31-24-21-18-15-12-9-6-3)63-57(60)51-48-45-42-39-36-33-29-26-23-20-17-14-11-8-5-2/h8,11,17,20,25-27,29,54H,4-7,9-10,12-16,18-19,21-24,28,30-53H2,1-3H3/b11-8-,20-17-,27-25-,29-26-/t54-/m0/s1. The van der Waals surface area contributed by atoms with Crippen LogP contribution in [0.1, 0.15) is 278 Å². The second-order valence-corrected chi connectivity index (χ2v) is 18.1. The van der Waals surface area contributed by atoms with Gasteiger partial charge in [0, 0.05) is 19.3 Å². The predicted molar refractivity (Wildman–Crippen MR) is 270 cm³/mol. The first kappa shape index (κ1) is 60.4. The van der Waals surface area contributed by atoms with Gasteiger partial charge < -0.3 is 14.2 Å². The summed E-state index contributed by atoms with van der Waals surface area (Å²) in [6, 6.07) is 0. The van der Waals surface area contributed by atoms with Gasteiger partial charge in [-0.25, -0.2) is 0 Å². The second-order valence-electron chi connectivity index (χ2n) is 18.1. The van der Waals surface area contributed by atoms with Crippen LogP contribution in [0.4, 0.5) is 0 Å². The fourth-order valence-corrected chi connectivity index (χ4v) is 7.75. The SMILES string of the molecule is CC/C=C\C/C=C\C/C=C\CCCCCCCC(=O)O[C@H](COC(=O)CCCCCCCCC/C=C\CCCCCCCC)COC(=O)CCCCCCCCCCCCCCC. The number of esters is 3. The number of rotatable bonds is 49. The summed E-state index contributed by atoms with van der Waals surface area (Å²) in [7, 11) is 0. The Kier molecular flexibility index (Phi) is 49.8. The molecule has 0 radical (unpaired) electrons. The minimum Gasteiger partial charge on any atom is -0.462 e. The highest BCUT2D eigenvalue weighted by atomic mass is 16.6. The minimum absolute atomic E-state index is 0.0789. The zero-order valence-electron chi connectivity index (χ0n) is 41.8. The zero-order chi connectivity index (χ0) is 45.8. The van der Waals surface area contributed by atoms with E-state index < -0.39 is 6.10 Å². The number of hydrogen-bond acceptors (Lipinski definition) is 6. The van der Waals surface area contributed by atoms with E-state index in [1.807, 2.05) is 0 Å². The molecule has 0 aromatic carbocycles. The van der Waals surface area contributed by atoms with Crippen LogP contribution in [-0.4, -0.2) is 37.2 Å². The third-order valence-electron chi connectivity index (χ3n) is 11.8. The summed E-state index contributed by atoms with van der Waals surface area (Å²) in [5, 5.41) is 0. The van der Waals surface area contributed by atoms with Gasteiger partial charge in [-0.3, -0.25) is 14.4 Å². The lowest BCUT2D eigenvalue weighted by atomic mass is 10.0. The smallest absolute Gasteiger partial charge is 0.306 e. The highest BCUT2D eigenvalue weighted by molar-refractivity contribution is 5.71. The molecule has 63 heavy (non-hydrogen) atoms. The molecule has 0 N–H and O–H groups in total. The molecule has 0 aliphatic rings. The van der Waals surface area contributed by atoms with Gasteiger partial charge in [0.05, 0.1) is 0 Å². The molecule has 0 aromatic heterocycles. The van der Waals surface area contributed by atoms with Crippen molar-refractivity contribution in [1.29, 1.82) is 0 Å². The van der Waals surface area contributed by atoms with Gasteiger partial charge in [-0.2, -0.15) is 0 Å². The first-order valence-electron chi connectivity index (χ1n) is 27.1. The Morgan fingerprint density at radius 3 is 0.984 bits per heavy atom. The van der Waals surface area contributed by atoms with E-state index in [1.165, 1.54) is 141 Å². The lowest BCUT2D eigenvalue weighted by molar-refractivity contribution is -0.167. The Bertz CT molecular complexity index is 1110. The van der Waals surface area contributed by atoms with Crippen molar-refractivity contribution in [3.05, 3.63) is 48.6 Å². The molecule has 0 aliphatic heterocycles. The fourth-order valence-electron chi connectivity index (χ4n) is 7.75. The van der Waals surface area contributed by atoms with Gasteiger partial charge in [-0.15, -0.1) is 0 Å². The maximum absolute atomic E-state index is 12.8. The Hall–Kier alpha value is -2.63. The molecule has 0 rings (SSSR count). The van der Waals surface area contributed by atoms with Crippen molar-refractivity contribution in [1.82, 2.24) is 0 Å². The summed E-state index contributed by atoms with van der Waals surface area (Å²) < 4.78 is 16.8. The van der Waals surface area contributed by atoms with Crippen LogP contribution >= 0.6 is 0 Å². The Morgan fingerprint density at radius 2 is 0.619 bits per heavy atom. The van der Waals surface area contributed by atoms with E-state index in [0.717, 1.165) is 96.3 Å². The lowest BCUT2D eigenvalue weighted by Crippen LogP contribution is -2.30. The zero-order valence-corrected chi connectivity index (χ0v) is 41.8. The van der Waals surface area contributed by atoms with Crippen molar-refractivity contribution in [2.75, 3.05) is 13.2 Å². The van der Waals surface area contributed by atoms with Gasteiger partial charge in [-0.05, 0) is 77.0 Å². The number of carbonyl (C=O) groups is 3. The van der Waals surface area contributed by atoms with Crippen molar-refractivity contribution < 1.29 is 28.6 Å². The molecule has 0 amide bonds. The number of allylic oxidation sites excluding steroid dienone is 8. The quantitative estimate of drug-likeness (QED) is 0.0262. The lowest BCUT2D eigenvalue weighted by Gasteiger charge is -2.18. The largest absolute Gasteiger partial charge is 0.462 e. The van der Waals surface area contributed by atoms with Crippen LogP contribution in [-0.2, 0) is 28.6 Å². The fraction of sp³-hybridized carbons (Fsp3) is 0.807. The van der Waals surface area contributed by atoms with Gasteiger partial charge in [0.15, 0.2) is 6.10 Å². The third-order valence-corrected chi connectivity index (χ3v) is 11.8. The van der Waals surface area contributed by atoms with Crippen molar-refractivity contribution in [2.24, 2.45) is 0 Å². The minimum atomic E-state index is -0.781. The van der Waals surface area contributed by atoms with Crippen LogP contribution in [0.5, 0.6) is 0 Å². The van der Waals surface area contributed by atoms with E-state index in [-0.39, 0.29) is 31.1 Å². The van der Waals surface area contributed by atoms with Crippen LogP contribution < -0.4 is 0 Å². The van der Waals surface area contributed by atoms with E-state index in [0.29, 0.717) is 19.3 Å². The molecule has 0 saturated heterocycles. The van der Waals surface area contributed by atoms with E-state index in [1.54, 1.807) is 0 Å². The molecule has 366 valence electrons. The van der Waals surface area contributed by atoms with Crippen LogP contribution in [0.15, 0.2) is 48.6 Å². The van der Waals surface area contributed by atoms with E-state index in [9.17, 15) is 14.4 Å². The van der Waals surface area contributed by atoms with Crippen LogP contribution in [0.2, 0.25) is 0 Å². The summed E-state index contributed by atoms with van der Waals surface area (Å²) in [4.78, 5) is 38.0. The molecule has 6 heteroatoms. The number of ether oxygens (including phenoxy) is 3. The van der Waals surface area contributed by atoms with Crippen molar-refractivity contribution in [3.8, 4) is 0 Å². The first-order chi connectivity index (χ1) is 31.0. The number of hydrogen-bond donors (Lipinski definition) is 0. The van der Waals surface area contributed by atoms with Crippen LogP contribution in [0.25, 0.3) is 0 Å². The Balaban J connectivity index is 4.38. The van der Waals surface area contributed by atoms with Crippen molar-refractivity contribution in [3.63, 3.8) is 0 Å². The molecule has 0 fully saturated rings. The van der Waals surface area contributed by atoms with E-state index in [4.69, 9.17) is 14.2 Å². The van der Waals surface area contributed by atoms with E-state index >= 15 is 0 Å². The van der Waals surface area contributed by atoms with Crippen LogP contribution in [0, 0.1) is 0 Å². The summed E-state index contributed by atoms with van der Waals surface area (Å²) in [6.45, 7) is 6.53. The van der Waals surface area contributed by atoms with Crippen molar-refractivity contribution in [2.45, 2.75) is 284 Å². The molecule has 0 saturated carbocycles. The molecule has 0 unspecified atom stereocenters. The molecule has 0 aliphatic carbocycles. The molecule has 6 nitrogen and oxygen atoms in total. The first-order valence-corrected chi connectivity index (χ1v) is 27.1. The molecular formula is C57H102O6. The summed E-state index contributed by atoms with van der Waals surface area (Å²) in [5.74, 6) is -0.890. The normalized spacial score (nSPS) is 12.4. The third kappa shape index (κ3) is 50.2. The molecular weight excluding hydrogens is 781 g/mol. The van der Waals surface area contributed by atoms with E-state index in [2.05, 4.69) is 69.4 Å². The number of carbonyl (C=O) groups excluding carboxylic acids is 3. The van der Waals surface area contributed by atoms with Gasteiger partial charge in [0.25, 0.3) is 0 Å². The number of unbranched alkanes of at least 4 members (excludes halogenated alkanes) is 30. The Morgan fingerprint density at radius 1 is 0.333 bits per heavy atom. The molecule has 0 spiro atoms. The molecule has 0 heterocycles.